The van der Waals surface area contributed by atoms with Crippen LogP contribution in [-0.2, 0) is 12.8 Å². The van der Waals surface area contributed by atoms with Crippen molar-refractivity contribution in [2.75, 3.05) is 0 Å². The fourth-order valence-corrected chi connectivity index (χ4v) is 6.92. The van der Waals surface area contributed by atoms with Crippen molar-refractivity contribution in [1.29, 1.82) is 0 Å². The molecule has 2 aliphatic rings. The summed E-state index contributed by atoms with van der Waals surface area (Å²) in [5.41, 5.74) is 12.3. The number of nitrogens with zero attached hydrogens (tertiary/aromatic N) is 3. The summed E-state index contributed by atoms with van der Waals surface area (Å²) in [6.07, 6.45) is 15.1. The topological polar surface area (TPSA) is 30.2 Å². The fourth-order valence-electron chi connectivity index (χ4n) is 6.92. The first-order valence-electron chi connectivity index (χ1n) is 14.2. The molecule has 3 heteroatoms. The molecule has 2 heterocycles. The second-order valence-corrected chi connectivity index (χ2v) is 11.0. The Labute approximate surface area is 237 Å². The van der Waals surface area contributed by atoms with Crippen LogP contribution < -0.4 is 0 Å². The van der Waals surface area contributed by atoms with Crippen molar-refractivity contribution >= 4 is 39.5 Å². The van der Waals surface area contributed by atoms with Crippen molar-refractivity contribution < 1.29 is 0 Å². The Hall–Kier alpha value is -5.28. The third-order valence-electron chi connectivity index (χ3n) is 8.70. The highest BCUT2D eigenvalue weighted by molar-refractivity contribution is 6.17. The standard InChI is InChI=1S/C38H25N3/c1-2-8-26(9-3-1)36-37(41-21-7-20-39-38(41)40-36)27-18-16-24(17-19-27)29-22-28-12-6-14-31-30-13-4-10-25-11-5-15-32(34(25)30)33(23-29)35(28)31/h1-12,15-23H,13-14H2. The van der Waals surface area contributed by atoms with E-state index in [1.165, 1.54) is 54.9 Å². The van der Waals surface area contributed by atoms with E-state index in [0.29, 0.717) is 5.78 Å². The van der Waals surface area contributed by atoms with Gasteiger partial charge in [0.1, 0.15) is 0 Å². The lowest BCUT2D eigenvalue weighted by molar-refractivity contribution is 1.11. The molecule has 0 fully saturated rings. The summed E-state index contributed by atoms with van der Waals surface area (Å²) in [4.78, 5) is 9.43. The van der Waals surface area contributed by atoms with Crippen molar-refractivity contribution in [3.8, 4) is 33.6 Å². The Kier molecular flexibility index (Phi) is 4.73. The zero-order valence-electron chi connectivity index (χ0n) is 22.4. The van der Waals surface area contributed by atoms with Gasteiger partial charge in [0.15, 0.2) is 0 Å². The summed E-state index contributed by atoms with van der Waals surface area (Å²) in [6, 6.07) is 32.8. The minimum absolute atomic E-state index is 0.704. The Morgan fingerprint density at radius 1 is 0.585 bits per heavy atom. The number of imidazole rings is 1. The number of hydrogen-bond donors (Lipinski definition) is 0. The number of rotatable bonds is 3. The zero-order chi connectivity index (χ0) is 26.9. The van der Waals surface area contributed by atoms with Crippen LogP contribution in [0.2, 0.25) is 0 Å². The Balaban J connectivity index is 1.23. The van der Waals surface area contributed by atoms with Crippen LogP contribution in [-0.4, -0.2) is 14.4 Å². The van der Waals surface area contributed by atoms with Gasteiger partial charge in [-0.25, -0.2) is 9.97 Å². The van der Waals surface area contributed by atoms with Gasteiger partial charge in [0.05, 0.1) is 11.4 Å². The molecule has 41 heavy (non-hydrogen) atoms. The van der Waals surface area contributed by atoms with Gasteiger partial charge in [0.25, 0.3) is 0 Å². The molecule has 0 radical (unpaired) electrons. The van der Waals surface area contributed by atoms with Crippen LogP contribution in [0, 0.1) is 0 Å². The molecule has 192 valence electrons. The van der Waals surface area contributed by atoms with Gasteiger partial charge >= 0.3 is 0 Å². The molecular weight excluding hydrogens is 498 g/mol. The second-order valence-electron chi connectivity index (χ2n) is 11.0. The summed E-state index contributed by atoms with van der Waals surface area (Å²) in [7, 11) is 0. The minimum atomic E-state index is 0.704. The molecule has 0 saturated heterocycles. The molecule has 0 unspecified atom stereocenters. The zero-order valence-corrected chi connectivity index (χ0v) is 22.4. The van der Waals surface area contributed by atoms with Crippen LogP contribution in [0.25, 0.3) is 73.1 Å². The van der Waals surface area contributed by atoms with E-state index in [9.17, 15) is 0 Å². The summed E-state index contributed by atoms with van der Waals surface area (Å²) in [5, 5.41) is 5.58. The molecule has 0 saturated carbocycles. The van der Waals surface area contributed by atoms with Gasteiger partial charge in [-0.15, -0.1) is 0 Å². The predicted molar refractivity (Wildman–Crippen MR) is 170 cm³/mol. The number of allylic oxidation sites excluding steroid dienone is 2. The van der Waals surface area contributed by atoms with Crippen molar-refractivity contribution in [2.24, 2.45) is 0 Å². The monoisotopic (exact) mass is 523 g/mol. The van der Waals surface area contributed by atoms with E-state index in [1.807, 2.05) is 18.3 Å². The lowest BCUT2D eigenvalue weighted by Crippen LogP contribution is -2.04. The van der Waals surface area contributed by atoms with Crippen molar-refractivity contribution in [1.82, 2.24) is 14.4 Å². The molecule has 0 aliphatic heterocycles. The molecular formula is C38H25N3. The first-order valence-corrected chi connectivity index (χ1v) is 14.2. The largest absolute Gasteiger partial charge is 0.283 e. The molecule has 0 amide bonds. The van der Waals surface area contributed by atoms with E-state index in [0.717, 1.165) is 35.4 Å². The van der Waals surface area contributed by atoms with E-state index in [1.54, 1.807) is 6.20 Å². The van der Waals surface area contributed by atoms with E-state index in [2.05, 4.69) is 113 Å². The predicted octanol–water partition coefficient (Wildman–Crippen LogP) is 9.18. The van der Waals surface area contributed by atoms with Crippen LogP contribution in [0.4, 0.5) is 0 Å². The molecule has 2 aromatic heterocycles. The van der Waals surface area contributed by atoms with Gasteiger partial charge in [0.2, 0.25) is 5.78 Å². The van der Waals surface area contributed by atoms with Gasteiger partial charge in [-0.3, -0.25) is 4.40 Å². The Morgan fingerprint density at radius 3 is 2.17 bits per heavy atom. The average Bonchev–Trinajstić information content (AvgIpc) is 3.43. The van der Waals surface area contributed by atoms with Gasteiger partial charge in [-0.2, -0.15) is 0 Å². The van der Waals surface area contributed by atoms with Gasteiger partial charge in [0, 0.05) is 23.5 Å². The molecule has 0 atom stereocenters. The van der Waals surface area contributed by atoms with Crippen molar-refractivity contribution in [3.63, 3.8) is 0 Å². The van der Waals surface area contributed by atoms with E-state index in [-0.39, 0.29) is 0 Å². The highest BCUT2D eigenvalue weighted by Crippen LogP contribution is 2.43. The average molecular weight is 524 g/mol. The maximum absolute atomic E-state index is 4.91. The highest BCUT2D eigenvalue weighted by atomic mass is 15.1. The molecule has 5 aromatic carbocycles. The van der Waals surface area contributed by atoms with Gasteiger partial charge in [-0.1, -0.05) is 97.1 Å². The molecule has 3 nitrogen and oxygen atoms in total. The summed E-state index contributed by atoms with van der Waals surface area (Å²) >= 11 is 0. The molecule has 7 aromatic rings. The Bertz CT molecular complexity index is 2230. The SMILES string of the molecule is C1=Cc2cccc3c2c(c2c4c(cc(-c5ccc(-c6c(-c7ccccc7)nc7ncccn67)cc5)cc43)C=CC2)C1. The Morgan fingerprint density at radius 2 is 1.34 bits per heavy atom. The second kappa shape index (κ2) is 8.61. The highest BCUT2D eigenvalue weighted by Gasteiger charge is 2.21. The summed E-state index contributed by atoms with van der Waals surface area (Å²) in [6.45, 7) is 0. The quantitative estimate of drug-likeness (QED) is 0.216. The lowest BCUT2D eigenvalue weighted by atomic mass is 9.80. The smallest absolute Gasteiger partial charge is 0.234 e. The van der Waals surface area contributed by atoms with Crippen LogP contribution in [0.5, 0.6) is 0 Å². The molecule has 2 aliphatic carbocycles. The lowest BCUT2D eigenvalue weighted by Gasteiger charge is -2.24. The number of benzene rings is 5. The maximum Gasteiger partial charge on any atom is 0.234 e. The normalized spacial score (nSPS) is 13.5. The van der Waals surface area contributed by atoms with Crippen molar-refractivity contribution in [3.05, 3.63) is 138 Å². The van der Waals surface area contributed by atoms with Gasteiger partial charge < -0.3 is 0 Å². The summed E-state index contributed by atoms with van der Waals surface area (Å²) < 4.78 is 2.09. The minimum Gasteiger partial charge on any atom is -0.283 e. The maximum atomic E-state index is 4.91. The van der Waals surface area contributed by atoms with Crippen LogP contribution >= 0.6 is 0 Å². The van der Waals surface area contributed by atoms with E-state index in [4.69, 9.17) is 4.98 Å². The van der Waals surface area contributed by atoms with Crippen LogP contribution in [0.1, 0.15) is 22.3 Å². The van der Waals surface area contributed by atoms with E-state index >= 15 is 0 Å². The summed E-state index contributed by atoms with van der Waals surface area (Å²) in [5.74, 6) is 0.704. The van der Waals surface area contributed by atoms with Crippen molar-refractivity contribution in [2.45, 2.75) is 12.8 Å². The van der Waals surface area contributed by atoms with Gasteiger partial charge in [-0.05, 0) is 86.0 Å². The first-order chi connectivity index (χ1) is 20.3. The molecule has 9 rings (SSSR count). The third-order valence-corrected chi connectivity index (χ3v) is 8.70. The van der Waals surface area contributed by atoms with Crippen LogP contribution in [0.3, 0.4) is 0 Å². The number of hydrogen-bond acceptors (Lipinski definition) is 2. The molecule has 0 bridgehead atoms. The third kappa shape index (κ3) is 3.33. The van der Waals surface area contributed by atoms with E-state index < -0.39 is 0 Å². The molecule has 0 spiro atoms. The van der Waals surface area contributed by atoms with Crippen LogP contribution in [0.15, 0.2) is 116 Å². The number of fused-ring (bicyclic) bond motifs is 3. The number of aromatic nitrogens is 3. The fraction of sp³-hybridized carbons (Fsp3) is 0.0526. The first kappa shape index (κ1) is 22.5. The molecule has 0 N–H and O–H groups in total.